The maximum Gasteiger partial charge on any atom is 0.416 e. The molecule has 144 valence electrons. The molecule has 1 saturated heterocycles. The molecule has 0 aromatic heterocycles. The SMILES string of the molecule is CC(=O)N[C@]1(C)C[C@H](c2cccc(C(F)(F)F)c2)O[C@@H]2C[C@H](C)CC[C@H]21. The summed E-state index contributed by atoms with van der Waals surface area (Å²) in [6.07, 6.45) is -1.51. The molecule has 1 aromatic rings. The van der Waals surface area contributed by atoms with Crippen molar-refractivity contribution >= 4 is 5.91 Å². The Bertz CT molecular complexity index is 675. The summed E-state index contributed by atoms with van der Waals surface area (Å²) in [5.41, 5.74) is -0.625. The second-order valence-corrected chi connectivity index (χ2v) is 8.11. The van der Waals surface area contributed by atoms with Crippen LogP contribution in [-0.4, -0.2) is 17.6 Å². The molecule has 0 radical (unpaired) electrons. The number of hydrogen-bond acceptors (Lipinski definition) is 2. The number of alkyl halides is 3. The molecule has 0 spiro atoms. The normalized spacial score (nSPS) is 34.8. The monoisotopic (exact) mass is 369 g/mol. The predicted octanol–water partition coefficient (Wildman–Crippen LogP) is 4.87. The molecule has 26 heavy (non-hydrogen) atoms. The van der Waals surface area contributed by atoms with Crippen molar-refractivity contribution in [3.63, 3.8) is 0 Å². The minimum atomic E-state index is -4.38. The Morgan fingerprint density at radius 1 is 1.31 bits per heavy atom. The number of ether oxygens (including phenoxy) is 1. The van der Waals surface area contributed by atoms with Crippen LogP contribution in [0.25, 0.3) is 0 Å². The van der Waals surface area contributed by atoms with Crippen LogP contribution in [0.4, 0.5) is 13.2 Å². The van der Waals surface area contributed by atoms with Crippen molar-refractivity contribution in [2.24, 2.45) is 11.8 Å². The van der Waals surface area contributed by atoms with E-state index in [2.05, 4.69) is 12.2 Å². The van der Waals surface area contributed by atoms with Gasteiger partial charge >= 0.3 is 6.18 Å². The lowest BCUT2D eigenvalue weighted by Crippen LogP contribution is -2.60. The number of carbonyl (C=O) groups excluding carboxylic acids is 1. The Hall–Kier alpha value is -1.56. The molecule has 1 heterocycles. The highest BCUT2D eigenvalue weighted by Gasteiger charge is 2.49. The summed E-state index contributed by atoms with van der Waals surface area (Å²) in [7, 11) is 0. The molecule has 1 aliphatic heterocycles. The van der Waals surface area contributed by atoms with E-state index in [1.165, 1.54) is 19.1 Å². The highest BCUT2D eigenvalue weighted by atomic mass is 19.4. The Kier molecular flexibility index (Phi) is 5.08. The first-order valence-electron chi connectivity index (χ1n) is 9.20. The summed E-state index contributed by atoms with van der Waals surface area (Å²) in [6, 6.07) is 5.35. The second kappa shape index (κ2) is 6.87. The van der Waals surface area contributed by atoms with Gasteiger partial charge in [0.2, 0.25) is 5.91 Å². The van der Waals surface area contributed by atoms with E-state index in [9.17, 15) is 18.0 Å². The minimum absolute atomic E-state index is 0.0520. The van der Waals surface area contributed by atoms with E-state index in [-0.39, 0.29) is 17.9 Å². The van der Waals surface area contributed by atoms with Gasteiger partial charge < -0.3 is 10.1 Å². The maximum absolute atomic E-state index is 13.1. The molecule has 2 aliphatic rings. The van der Waals surface area contributed by atoms with Crippen LogP contribution in [0, 0.1) is 11.8 Å². The predicted molar refractivity (Wildman–Crippen MR) is 92.4 cm³/mol. The maximum atomic E-state index is 13.1. The Morgan fingerprint density at radius 3 is 2.69 bits per heavy atom. The number of fused-ring (bicyclic) bond motifs is 1. The molecule has 2 fully saturated rings. The summed E-state index contributed by atoms with van der Waals surface area (Å²) < 4.78 is 45.5. The van der Waals surface area contributed by atoms with Crippen molar-refractivity contribution in [2.45, 2.75) is 70.4 Å². The molecular formula is C20H26F3NO2. The largest absolute Gasteiger partial charge is 0.416 e. The van der Waals surface area contributed by atoms with Crippen LogP contribution in [-0.2, 0) is 15.7 Å². The Labute approximate surface area is 152 Å². The van der Waals surface area contributed by atoms with Gasteiger partial charge in [-0.2, -0.15) is 13.2 Å². The van der Waals surface area contributed by atoms with Crippen molar-refractivity contribution < 1.29 is 22.7 Å². The van der Waals surface area contributed by atoms with Gasteiger partial charge in [0.15, 0.2) is 0 Å². The van der Waals surface area contributed by atoms with Crippen LogP contribution in [0.3, 0.4) is 0 Å². The Morgan fingerprint density at radius 2 is 2.04 bits per heavy atom. The first kappa shape index (κ1) is 19.2. The number of halogens is 3. The fourth-order valence-electron chi connectivity index (χ4n) is 4.66. The molecule has 5 atom stereocenters. The highest BCUT2D eigenvalue weighted by Crippen LogP contribution is 2.48. The fourth-order valence-corrected chi connectivity index (χ4v) is 4.66. The minimum Gasteiger partial charge on any atom is -0.370 e. The van der Waals surface area contributed by atoms with Gasteiger partial charge in [0.1, 0.15) is 0 Å². The molecule has 3 nitrogen and oxygen atoms in total. The van der Waals surface area contributed by atoms with Gasteiger partial charge in [0.05, 0.1) is 17.8 Å². The summed E-state index contributed by atoms with van der Waals surface area (Å²) in [5.74, 6) is 0.581. The van der Waals surface area contributed by atoms with Crippen LogP contribution < -0.4 is 5.32 Å². The molecule has 1 aromatic carbocycles. The van der Waals surface area contributed by atoms with Crippen LogP contribution in [0.2, 0.25) is 0 Å². The van der Waals surface area contributed by atoms with Crippen molar-refractivity contribution in [1.29, 1.82) is 0 Å². The van der Waals surface area contributed by atoms with Crippen LogP contribution in [0.5, 0.6) is 0 Å². The first-order chi connectivity index (χ1) is 12.1. The van der Waals surface area contributed by atoms with Crippen molar-refractivity contribution in [3.8, 4) is 0 Å². The zero-order valence-electron chi connectivity index (χ0n) is 15.4. The quantitative estimate of drug-likeness (QED) is 0.808. The average molecular weight is 369 g/mol. The van der Waals surface area contributed by atoms with Gasteiger partial charge in [-0.1, -0.05) is 25.5 Å². The van der Waals surface area contributed by atoms with Gasteiger partial charge in [-0.05, 0) is 43.4 Å². The number of benzene rings is 1. The zero-order chi connectivity index (χ0) is 19.1. The smallest absolute Gasteiger partial charge is 0.370 e. The number of nitrogens with one attached hydrogen (secondary N) is 1. The third-order valence-corrected chi connectivity index (χ3v) is 5.87. The summed E-state index contributed by atoms with van der Waals surface area (Å²) in [5, 5.41) is 3.08. The first-order valence-corrected chi connectivity index (χ1v) is 9.20. The lowest BCUT2D eigenvalue weighted by Gasteiger charge is -2.52. The zero-order valence-corrected chi connectivity index (χ0v) is 15.4. The van der Waals surface area contributed by atoms with E-state index in [1.807, 2.05) is 6.92 Å². The number of carbonyl (C=O) groups is 1. The molecule has 0 bridgehead atoms. The molecule has 1 aliphatic carbocycles. The van der Waals surface area contributed by atoms with Gasteiger partial charge in [0, 0.05) is 24.8 Å². The third kappa shape index (κ3) is 3.90. The molecule has 1 saturated carbocycles. The van der Waals surface area contributed by atoms with Gasteiger partial charge in [-0.3, -0.25) is 4.79 Å². The standard InChI is InChI=1S/C20H26F3NO2/c1-12-7-8-16-17(9-12)26-18(11-19(16,3)24-13(2)25)14-5-4-6-15(10-14)20(21,22)23/h4-6,10,12,16-18H,7-9,11H2,1-3H3,(H,24,25)/t12-,16-,17-,18-,19-/m1/s1. The molecule has 3 rings (SSSR count). The number of amides is 1. The molecule has 1 N–H and O–H groups in total. The van der Waals surface area contributed by atoms with E-state index in [1.54, 1.807) is 6.07 Å². The van der Waals surface area contributed by atoms with Crippen LogP contribution in [0.1, 0.15) is 63.7 Å². The summed E-state index contributed by atoms with van der Waals surface area (Å²) in [4.78, 5) is 11.8. The van der Waals surface area contributed by atoms with E-state index in [0.717, 1.165) is 25.3 Å². The topological polar surface area (TPSA) is 38.3 Å². The second-order valence-electron chi connectivity index (χ2n) is 8.11. The van der Waals surface area contributed by atoms with Crippen LogP contribution >= 0.6 is 0 Å². The lowest BCUT2D eigenvalue weighted by atomic mass is 9.66. The van der Waals surface area contributed by atoms with Gasteiger partial charge in [-0.15, -0.1) is 0 Å². The van der Waals surface area contributed by atoms with Gasteiger partial charge in [-0.25, -0.2) is 0 Å². The average Bonchev–Trinajstić information content (AvgIpc) is 2.52. The van der Waals surface area contributed by atoms with Crippen molar-refractivity contribution in [1.82, 2.24) is 5.32 Å². The lowest BCUT2D eigenvalue weighted by molar-refractivity contribution is -0.153. The van der Waals surface area contributed by atoms with E-state index < -0.39 is 23.4 Å². The molecular weight excluding hydrogens is 343 g/mol. The van der Waals surface area contributed by atoms with Crippen molar-refractivity contribution in [3.05, 3.63) is 35.4 Å². The van der Waals surface area contributed by atoms with E-state index in [4.69, 9.17) is 4.74 Å². The number of rotatable bonds is 2. The van der Waals surface area contributed by atoms with Crippen LogP contribution in [0.15, 0.2) is 24.3 Å². The van der Waals surface area contributed by atoms with E-state index in [0.29, 0.717) is 17.9 Å². The van der Waals surface area contributed by atoms with E-state index >= 15 is 0 Å². The summed E-state index contributed by atoms with van der Waals surface area (Å²) in [6.45, 7) is 5.66. The third-order valence-electron chi connectivity index (χ3n) is 5.87. The number of hydrogen-bond donors (Lipinski definition) is 1. The van der Waals surface area contributed by atoms with Gasteiger partial charge in [0.25, 0.3) is 0 Å². The summed E-state index contributed by atoms with van der Waals surface area (Å²) >= 11 is 0. The van der Waals surface area contributed by atoms with Crippen molar-refractivity contribution in [2.75, 3.05) is 0 Å². The highest BCUT2D eigenvalue weighted by molar-refractivity contribution is 5.73. The molecule has 1 amide bonds. The molecule has 6 heteroatoms. The molecule has 0 unspecified atom stereocenters. The fraction of sp³-hybridized carbons (Fsp3) is 0.650. The Balaban J connectivity index is 1.92.